The molecule has 3 rings (SSSR count). The third-order valence-corrected chi connectivity index (χ3v) is 3.92. The van der Waals surface area contributed by atoms with Crippen LogP contribution in [0.5, 0.6) is 5.75 Å². The number of rotatable bonds is 6. The fourth-order valence-electron chi connectivity index (χ4n) is 2.64. The summed E-state index contributed by atoms with van der Waals surface area (Å²) in [5.41, 5.74) is 1.83. The summed E-state index contributed by atoms with van der Waals surface area (Å²) in [4.78, 5) is 0. The fourth-order valence-corrected chi connectivity index (χ4v) is 2.64. The molecule has 0 spiro atoms. The van der Waals surface area contributed by atoms with Gasteiger partial charge in [-0.25, -0.2) is 4.39 Å². The Hall–Kier alpha value is -1.88. The van der Waals surface area contributed by atoms with Crippen molar-refractivity contribution in [3.63, 3.8) is 0 Å². The minimum Gasteiger partial charge on any atom is -0.497 e. The van der Waals surface area contributed by atoms with Crippen LogP contribution in [-0.4, -0.2) is 16.9 Å². The van der Waals surface area contributed by atoms with Crippen LogP contribution in [-0.2, 0) is 13.6 Å². The summed E-state index contributed by atoms with van der Waals surface area (Å²) in [6.07, 6.45) is 6.11. The second-order valence-corrected chi connectivity index (χ2v) is 5.61. The molecule has 1 aromatic heterocycles. The van der Waals surface area contributed by atoms with Crippen molar-refractivity contribution in [2.75, 3.05) is 7.11 Å². The highest BCUT2D eigenvalue weighted by molar-refractivity contribution is 5.32. The molecular weight excluding hydrogens is 269 g/mol. The van der Waals surface area contributed by atoms with Gasteiger partial charge in [-0.05, 0) is 24.8 Å². The molecule has 0 saturated heterocycles. The summed E-state index contributed by atoms with van der Waals surface area (Å²) in [5.74, 6) is 0.868. The molecule has 5 heteroatoms. The Morgan fingerprint density at radius 3 is 2.86 bits per heavy atom. The Balaban J connectivity index is 1.75. The van der Waals surface area contributed by atoms with E-state index in [0.29, 0.717) is 18.2 Å². The van der Waals surface area contributed by atoms with E-state index in [0.717, 1.165) is 24.0 Å². The number of nitrogens with zero attached hydrogens (tertiary/aromatic N) is 2. The van der Waals surface area contributed by atoms with Gasteiger partial charge in [0.2, 0.25) is 0 Å². The molecule has 1 saturated carbocycles. The van der Waals surface area contributed by atoms with Crippen molar-refractivity contribution >= 4 is 0 Å². The number of halogens is 1. The second-order valence-electron chi connectivity index (χ2n) is 5.61. The van der Waals surface area contributed by atoms with Gasteiger partial charge in [-0.15, -0.1) is 0 Å². The molecule has 0 aliphatic heterocycles. The molecule has 1 aliphatic rings. The molecule has 0 radical (unpaired) electrons. The Labute approximate surface area is 123 Å². The van der Waals surface area contributed by atoms with Gasteiger partial charge in [-0.3, -0.25) is 4.68 Å². The first-order valence-corrected chi connectivity index (χ1v) is 7.21. The molecule has 1 aliphatic carbocycles. The van der Waals surface area contributed by atoms with E-state index in [-0.39, 0.29) is 11.9 Å². The summed E-state index contributed by atoms with van der Waals surface area (Å²) >= 11 is 0. The van der Waals surface area contributed by atoms with Gasteiger partial charge >= 0.3 is 0 Å². The number of nitrogens with one attached hydrogen (secondary N) is 1. The molecular formula is C16H20FN3O. The molecule has 1 aromatic carbocycles. The highest BCUT2D eigenvalue weighted by atomic mass is 19.1. The maximum atomic E-state index is 14.3. The van der Waals surface area contributed by atoms with Crippen LogP contribution in [0.25, 0.3) is 0 Å². The number of hydrogen-bond donors (Lipinski definition) is 1. The van der Waals surface area contributed by atoms with Gasteiger partial charge in [0.05, 0.1) is 13.3 Å². The van der Waals surface area contributed by atoms with Crippen molar-refractivity contribution in [2.24, 2.45) is 13.0 Å². The first-order valence-electron chi connectivity index (χ1n) is 7.21. The highest BCUT2D eigenvalue weighted by Gasteiger charge is 2.33. The Kier molecular flexibility index (Phi) is 3.92. The standard InChI is InChI=1S/C16H20FN3O/c1-20-10-11(9-19-20)8-18-16(12-3-4-12)14-6-5-13(21-2)7-15(14)17/h5-7,9-10,12,16,18H,3-4,8H2,1-2H3. The maximum Gasteiger partial charge on any atom is 0.131 e. The lowest BCUT2D eigenvalue weighted by molar-refractivity contribution is 0.406. The molecule has 0 amide bonds. The van der Waals surface area contributed by atoms with Crippen molar-refractivity contribution in [1.82, 2.24) is 15.1 Å². The average molecular weight is 289 g/mol. The minimum absolute atomic E-state index is 0.0520. The van der Waals surface area contributed by atoms with Gasteiger partial charge in [0.15, 0.2) is 0 Å². The third kappa shape index (κ3) is 3.24. The number of aryl methyl sites for hydroxylation is 1. The van der Waals surface area contributed by atoms with E-state index in [2.05, 4.69) is 10.4 Å². The van der Waals surface area contributed by atoms with Gasteiger partial charge in [0, 0.05) is 43.0 Å². The predicted octanol–water partition coefficient (Wildman–Crippen LogP) is 2.81. The Morgan fingerprint density at radius 2 is 2.29 bits per heavy atom. The van der Waals surface area contributed by atoms with Crippen LogP contribution in [0.15, 0.2) is 30.6 Å². The van der Waals surface area contributed by atoms with E-state index >= 15 is 0 Å². The van der Waals surface area contributed by atoms with Gasteiger partial charge in [-0.2, -0.15) is 5.10 Å². The Morgan fingerprint density at radius 1 is 1.48 bits per heavy atom. The molecule has 0 bridgehead atoms. The maximum absolute atomic E-state index is 14.3. The molecule has 2 aromatic rings. The van der Waals surface area contributed by atoms with Crippen molar-refractivity contribution in [1.29, 1.82) is 0 Å². The van der Waals surface area contributed by atoms with E-state index in [1.165, 1.54) is 6.07 Å². The van der Waals surface area contributed by atoms with Gasteiger partial charge in [0.1, 0.15) is 11.6 Å². The lowest BCUT2D eigenvalue weighted by atomic mass is 10.0. The largest absolute Gasteiger partial charge is 0.497 e. The van der Waals surface area contributed by atoms with Gasteiger partial charge in [-0.1, -0.05) is 6.07 Å². The zero-order chi connectivity index (χ0) is 14.8. The van der Waals surface area contributed by atoms with Crippen molar-refractivity contribution in [3.8, 4) is 5.75 Å². The average Bonchev–Trinajstić information content (AvgIpc) is 3.23. The fraction of sp³-hybridized carbons (Fsp3) is 0.438. The lowest BCUT2D eigenvalue weighted by Crippen LogP contribution is -2.23. The summed E-state index contributed by atoms with van der Waals surface area (Å²) in [7, 11) is 3.44. The molecule has 21 heavy (non-hydrogen) atoms. The number of hydrogen-bond acceptors (Lipinski definition) is 3. The summed E-state index contributed by atoms with van der Waals surface area (Å²) in [6, 6.07) is 5.15. The molecule has 1 heterocycles. The minimum atomic E-state index is -0.204. The van der Waals surface area contributed by atoms with E-state index in [1.54, 1.807) is 11.8 Å². The number of benzene rings is 1. The van der Waals surface area contributed by atoms with Crippen LogP contribution in [0, 0.1) is 11.7 Å². The zero-order valence-corrected chi connectivity index (χ0v) is 12.3. The van der Waals surface area contributed by atoms with E-state index in [1.807, 2.05) is 31.6 Å². The van der Waals surface area contributed by atoms with Crippen LogP contribution in [0.4, 0.5) is 4.39 Å². The van der Waals surface area contributed by atoms with Crippen LogP contribution in [0.2, 0.25) is 0 Å². The van der Waals surface area contributed by atoms with E-state index in [4.69, 9.17) is 4.74 Å². The predicted molar refractivity (Wildman–Crippen MR) is 78.5 cm³/mol. The lowest BCUT2D eigenvalue weighted by Gasteiger charge is -2.19. The number of methoxy groups -OCH3 is 1. The molecule has 4 nitrogen and oxygen atoms in total. The smallest absolute Gasteiger partial charge is 0.131 e. The summed E-state index contributed by atoms with van der Waals surface area (Å²) in [5, 5.41) is 7.63. The van der Waals surface area contributed by atoms with Crippen LogP contribution in [0.1, 0.15) is 30.0 Å². The third-order valence-electron chi connectivity index (χ3n) is 3.92. The van der Waals surface area contributed by atoms with Crippen LogP contribution in [0.3, 0.4) is 0 Å². The van der Waals surface area contributed by atoms with Crippen LogP contribution < -0.4 is 10.1 Å². The molecule has 112 valence electrons. The van der Waals surface area contributed by atoms with E-state index < -0.39 is 0 Å². The zero-order valence-electron chi connectivity index (χ0n) is 12.3. The Bertz CT molecular complexity index is 622. The number of aromatic nitrogens is 2. The van der Waals surface area contributed by atoms with Gasteiger partial charge < -0.3 is 10.1 Å². The first kappa shape index (κ1) is 14.1. The van der Waals surface area contributed by atoms with Crippen molar-refractivity contribution in [2.45, 2.75) is 25.4 Å². The monoisotopic (exact) mass is 289 g/mol. The normalized spacial score (nSPS) is 16.0. The topological polar surface area (TPSA) is 39.1 Å². The van der Waals surface area contributed by atoms with Crippen LogP contribution >= 0.6 is 0 Å². The molecule has 1 N–H and O–H groups in total. The quantitative estimate of drug-likeness (QED) is 0.889. The summed E-state index contributed by atoms with van der Waals surface area (Å²) in [6.45, 7) is 0.695. The van der Waals surface area contributed by atoms with Crippen molar-refractivity contribution in [3.05, 3.63) is 47.5 Å². The first-order chi connectivity index (χ1) is 10.2. The highest BCUT2D eigenvalue weighted by Crippen LogP contribution is 2.42. The van der Waals surface area contributed by atoms with Crippen molar-refractivity contribution < 1.29 is 9.13 Å². The van der Waals surface area contributed by atoms with E-state index in [9.17, 15) is 4.39 Å². The number of ether oxygens (including phenoxy) is 1. The SMILES string of the molecule is COc1ccc(C(NCc2cnn(C)c2)C2CC2)c(F)c1. The molecule has 1 atom stereocenters. The molecule has 1 unspecified atom stereocenters. The molecule has 1 fully saturated rings. The summed E-state index contributed by atoms with van der Waals surface area (Å²) < 4.78 is 21.1. The second kappa shape index (κ2) is 5.85. The van der Waals surface area contributed by atoms with Gasteiger partial charge in [0.25, 0.3) is 0 Å².